The number of hydrogen-bond donors (Lipinski definition) is 2. The van der Waals surface area contributed by atoms with Gasteiger partial charge < -0.3 is 14.8 Å². The third-order valence-corrected chi connectivity index (χ3v) is 5.75. The van der Waals surface area contributed by atoms with Gasteiger partial charge in [0.1, 0.15) is 0 Å². The van der Waals surface area contributed by atoms with Crippen LogP contribution in [0, 0.1) is 6.92 Å². The monoisotopic (exact) mass is 396 g/mol. The molecule has 1 heterocycles. The summed E-state index contributed by atoms with van der Waals surface area (Å²) in [5.74, 6) is 0.974. The molecule has 0 saturated heterocycles. The predicted octanol–water partition coefficient (Wildman–Crippen LogP) is 4.14. The number of rotatable bonds is 6. The molecule has 3 aromatic rings. The Labute approximate surface area is 164 Å². The molecule has 7 heteroatoms. The molecule has 144 valence electrons. The van der Waals surface area contributed by atoms with Crippen LogP contribution < -0.4 is 19.5 Å². The summed E-state index contributed by atoms with van der Waals surface area (Å²) in [7, 11) is -3.71. The molecule has 0 bridgehead atoms. The van der Waals surface area contributed by atoms with Crippen LogP contribution in [0.15, 0.2) is 71.6 Å². The van der Waals surface area contributed by atoms with Crippen LogP contribution in [0.2, 0.25) is 0 Å². The first-order valence-electron chi connectivity index (χ1n) is 8.82. The topological polar surface area (TPSA) is 76.7 Å². The van der Waals surface area contributed by atoms with Gasteiger partial charge in [0.05, 0.1) is 4.90 Å². The third kappa shape index (κ3) is 4.04. The Morgan fingerprint density at radius 3 is 2.43 bits per heavy atom. The van der Waals surface area contributed by atoms with Crippen molar-refractivity contribution in [3.8, 4) is 11.5 Å². The molecule has 0 amide bonds. The summed E-state index contributed by atoms with van der Waals surface area (Å²) in [5.41, 5.74) is 3.80. The number of benzene rings is 3. The molecule has 0 atom stereocenters. The van der Waals surface area contributed by atoms with E-state index in [-0.39, 0.29) is 11.7 Å². The lowest BCUT2D eigenvalue weighted by Crippen LogP contribution is -2.12. The maximum atomic E-state index is 12.6. The molecule has 28 heavy (non-hydrogen) atoms. The van der Waals surface area contributed by atoms with Gasteiger partial charge in [0.15, 0.2) is 11.5 Å². The van der Waals surface area contributed by atoms with E-state index in [9.17, 15) is 8.42 Å². The van der Waals surface area contributed by atoms with Crippen molar-refractivity contribution in [3.05, 3.63) is 77.9 Å². The van der Waals surface area contributed by atoms with Gasteiger partial charge in [-0.2, -0.15) is 0 Å². The Hall–Kier alpha value is -3.19. The quantitative estimate of drug-likeness (QED) is 0.655. The number of aryl methyl sites for hydroxylation is 1. The minimum absolute atomic E-state index is 0.100. The van der Waals surface area contributed by atoms with Crippen molar-refractivity contribution in [1.82, 2.24) is 0 Å². The second-order valence-corrected chi connectivity index (χ2v) is 8.22. The molecule has 4 rings (SSSR count). The molecule has 0 saturated carbocycles. The average Bonchev–Trinajstić information content (AvgIpc) is 3.15. The molecular weight excluding hydrogens is 376 g/mol. The van der Waals surface area contributed by atoms with Crippen LogP contribution in [0.25, 0.3) is 0 Å². The number of nitrogens with one attached hydrogen (secondary N) is 2. The number of ether oxygens (including phenoxy) is 2. The van der Waals surface area contributed by atoms with E-state index >= 15 is 0 Å². The van der Waals surface area contributed by atoms with Crippen LogP contribution in [0.5, 0.6) is 11.5 Å². The van der Waals surface area contributed by atoms with E-state index < -0.39 is 10.0 Å². The van der Waals surface area contributed by atoms with Crippen LogP contribution in [-0.4, -0.2) is 15.2 Å². The summed E-state index contributed by atoms with van der Waals surface area (Å²) >= 11 is 0. The number of hydrogen-bond acceptors (Lipinski definition) is 5. The Morgan fingerprint density at radius 1 is 0.893 bits per heavy atom. The molecule has 2 N–H and O–H groups in total. The smallest absolute Gasteiger partial charge is 0.262 e. The maximum Gasteiger partial charge on any atom is 0.262 e. The van der Waals surface area contributed by atoms with E-state index in [1.807, 2.05) is 18.2 Å². The normalized spacial score (nSPS) is 12.6. The van der Waals surface area contributed by atoms with Gasteiger partial charge in [0.2, 0.25) is 6.79 Å². The molecule has 0 aromatic heterocycles. The molecule has 0 fully saturated rings. The summed E-state index contributed by atoms with van der Waals surface area (Å²) in [6, 6.07) is 20.0. The van der Waals surface area contributed by atoms with Crippen molar-refractivity contribution in [2.24, 2.45) is 0 Å². The second kappa shape index (κ2) is 7.44. The molecule has 1 aliphatic heterocycles. The highest BCUT2D eigenvalue weighted by Crippen LogP contribution is 2.34. The van der Waals surface area contributed by atoms with Crippen molar-refractivity contribution in [3.63, 3.8) is 0 Å². The molecule has 0 spiro atoms. The molecule has 6 nitrogen and oxygen atoms in total. The highest BCUT2D eigenvalue weighted by molar-refractivity contribution is 7.92. The fraction of sp³-hybridized carbons (Fsp3) is 0.143. The molecule has 0 radical (unpaired) electrons. The van der Waals surface area contributed by atoms with Gasteiger partial charge in [-0.25, -0.2) is 8.42 Å². The first kappa shape index (κ1) is 18.2. The molecule has 3 aromatic carbocycles. The van der Waals surface area contributed by atoms with Gasteiger partial charge >= 0.3 is 0 Å². The van der Waals surface area contributed by atoms with Gasteiger partial charge in [-0.05, 0) is 48.9 Å². The highest BCUT2D eigenvalue weighted by atomic mass is 32.2. The second-order valence-electron chi connectivity index (χ2n) is 6.54. The summed E-state index contributed by atoms with van der Waals surface area (Å²) in [5, 5.41) is 3.33. The average molecular weight is 396 g/mol. The summed E-state index contributed by atoms with van der Waals surface area (Å²) in [6.07, 6.45) is 0. The fourth-order valence-corrected chi connectivity index (χ4v) is 4.01. The van der Waals surface area contributed by atoms with E-state index in [0.29, 0.717) is 23.7 Å². The zero-order chi connectivity index (χ0) is 19.6. The minimum atomic E-state index is -3.71. The lowest BCUT2D eigenvalue weighted by atomic mass is 10.1. The summed E-state index contributed by atoms with van der Waals surface area (Å²) < 4.78 is 38.3. The van der Waals surface area contributed by atoms with Gasteiger partial charge in [0, 0.05) is 24.0 Å². The predicted molar refractivity (Wildman–Crippen MR) is 108 cm³/mol. The SMILES string of the molecule is Cc1cccc(CNc2ccc(NS(=O)(=O)c3ccc4c(c3)OCO4)cc2)c1. The van der Waals surface area contributed by atoms with Gasteiger partial charge in [0.25, 0.3) is 10.0 Å². The highest BCUT2D eigenvalue weighted by Gasteiger charge is 2.20. The van der Waals surface area contributed by atoms with Crippen LogP contribution in [0.1, 0.15) is 11.1 Å². The zero-order valence-electron chi connectivity index (χ0n) is 15.3. The Morgan fingerprint density at radius 2 is 1.64 bits per heavy atom. The Balaban J connectivity index is 1.42. The van der Waals surface area contributed by atoms with Gasteiger partial charge in [-0.1, -0.05) is 29.8 Å². The first-order valence-corrected chi connectivity index (χ1v) is 10.3. The minimum Gasteiger partial charge on any atom is -0.454 e. The first-order chi connectivity index (χ1) is 13.5. The standard InChI is InChI=1S/C21H20N2O4S/c1-15-3-2-4-16(11-15)13-22-17-5-7-18(8-6-17)23-28(24,25)19-9-10-20-21(12-19)27-14-26-20/h2-12,22-23H,13-14H2,1H3. The van der Waals surface area contributed by atoms with Crippen molar-refractivity contribution in [2.45, 2.75) is 18.4 Å². The van der Waals surface area contributed by atoms with E-state index in [4.69, 9.17) is 9.47 Å². The molecule has 0 aliphatic carbocycles. The van der Waals surface area contributed by atoms with E-state index in [1.165, 1.54) is 23.3 Å². The van der Waals surface area contributed by atoms with E-state index in [2.05, 4.69) is 35.2 Å². The van der Waals surface area contributed by atoms with Crippen molar-refractivity contribution in [2.75, 3.05) is 16.8 Å². The maximum absolute atomic E-state index is 12.6. The van der Waals surface area contributed by atoms with E-state index in [0.717, 1.165) is 5.69 Å². The van der Waals surface area contributed by atoms with Crippen molar-refractivity contribution < 1.29 is 17.9 Å². The number of sulfonamides is 1. The Kier molecular flexibility index (Phi) is 4.83. The van der Waals surface area contributed by atoms with Crippen LogP contribution in [0.3, 0.4) is 0 Å². The number of fused-ring (bicyclic) bond motifs is 1. The third-order valence-electron chi connectivity index (χ3n) is 4.37. The van der Waals surface area contributed by atoms with Crippen LogP contribution in [-0.2, 0) is 16.6 Å². The van der Waals surface area contributed by atoms with E-state index in [1.54, 1.807) is 18.2 Å². The zero-order valence-corrected chi connectivity index (χ0v) is 16.1. The molecule has 0 unspecified atom stereocenters. The summed E-state index contributed by atoms with van der Waals surface area (Å²) in [4.78, 5) is 0.124. The Bertz CT molecular complexity index is 1100. The van der Waals surface area contributed by atoms with Gasteiger partial charge in [-0.15, -0.1) is 0 Å². The number of anilines is 2. The lowest BCUT2D eigenvalue weighted by Gasteiger charge is -2.11. The summed E-state index contributed by atoms with van der Waals surface area (Å²) in [6.45, 7) is 2.86. The van der Waals surface area contributed by atoms with Crippen LogP contribution >= 0.6 is 0 Å². The molecular formula is C21H20N2O4S. The van der Waals surface area contributed by atoms with Crippen molar-refractivity contribution >= 4 is 21.4 Å². The fourth-order valence-electron chi connectivity index (χ4n) is 2.94. The van der Waals surface area contributed by atoms with Crippen LogP contribution in [0.4, 0.5) is 11.4 Å². The van der Waals surface area contributed by atoms with Crippen molar-refractivity contribution in [1.29, 1.82) is 0 Å². The lowest BCUT2D eigenvalue weighted by molar-refractivity contribution is 0.174. The molecule has 1 aliphatic rings. The largest absolute Gasteiger partial charge is 0.454 e. The van der Waals surface area contributed by atoms with Gasteiger partial charge in [-0.3, -0.25) is 4.72 Å².